The van der Waals surface area contributed by atoms with Crippen LogP contribution in [0.3, 0.4) is 0 Å². The van der Waals surface area contributed by atoms with Gasteiger partial charge in [-0.05, 0) is 30.2 Å². The number of carbonyl (C=O) groups excluding carboxylic acids is 2. The molecule has 2 amide bonds. The van der Waals surface area contributed by atoms with Crippen molar-refractivity contribution in [3.8, 4) is 6.07 Å². The highest BCUT2D eigenvalue weighted by molar-refractivity contribution is 5.94. The second kappa shape index (κ2) is 7.45. The molecule has 2 aliphatic rings. The van der Waals surface area contributed by atoms with Gasteiger partial charge in [0.05, 0.1) is 17.7 Å². The zero-order valence-corrected chi connectivity index (χ0v) is 15.5. The number of rotatable bonds is 3. The van der Waals surface area contributed by atoms with E-state index in [0.29, 0.717) is 43.5 Å². The lowest BCUT2D eigenvalue weighted by atomic mass is 9.96. The van der Waals surface area contributed by atoms with Crippen LogP contribution in [-0.4, -0.2) is 41.5 Å². The fourth-order valence-electron chi connectivity index (χ4n) is 3.94. The monoisotopic (exact) mass is 373 g/mol. The van der Waals surface area contributed by atoms with Gasteiger partial charge in [0.2, 0.25) is 0 Å². The van der Waals surface area contributed by atoms with E-state index in [4.69, 9.17) is 5.26 Å². The summed E-state index contributed by atoms with van der Waals surface area (Å²) >= 11 is 0. The highest BCUT2D eigenvalue weighted by Crippen LogP contribution is 2.27. The Kier molecular flexibility index (Phi) is 4.84. The average Bonchev–Trinajstić information content (AvgIpc) is 3.03. The molecule has 0 aliphatic carbocycles. The second-order valence-electron chi connectivity index (χ2n) is 7.35. The quantitative estimate of drug-likeness (QED) is 0.889. The van der Waals surface area contributed by atoms with E-state index in [9.17, 15) is 9.59 Å². The van der Waals surface area contributed by atoms with Gasteiger partial charge in [0.1, 0.15) is 5.66 Å². The zero-order chi connectivity index (χ0) is 19.6. The minimum absolute atomic E-state index is 0.0860. The summed E-state index contributed by atoms with van der Waals surface area (Å²) in [5.74, 6) is -0.192. The predicted molar refractivity (Wildman–Crippen MR) is 103 cm³/mol. The lowest BCUT2D eigenvalue weighted by Gasteiger charge is -2.38. The first-order valence-corrected chi connectivity index (χ1v) is 9.46. The molecule has 1 radical (unpaired) electrons. The highest BCUT2D eigenvalue weighted by Gasteiger charge is 2.47. The molecular formula is C22H21N4O2. The summed E-state index contributed by atoms with van der Waals surface area (Å²) in [4.78, 5) is 26.9. The summed E-state index contributed by atoms with van der Waals surface area (Å²) in [7, 11) is 0. The minimum atomic E-state index is -0.568. The lowest BCUT2D eigenvalue weighted by Crippen LogP contribution is -2.56. The van der Waals surface area contributed by atoms with E-state index in [-0.39, 0.29) is 17.9 Å². The third-order valence-corrected chi connectivity index (χ3v) is 5.46. The van der Waals surface area contributed by atoms with Crippen molar-refractivity contribution in [2.75, 3.05) is 13.1 Å². The molecule has 2 heterocycles. The van der Waals surface area contributed by atoms with Crippen molar-refractivity contribution in [2.45, 2.75) is 31.0 Å². The predicted octanol–water partition coefficient (Wildman–Crippen LogP) is 1.84. The highest BCUT2D eigenvalue weighted by atomic mass is 16.2. The van der Waals surface area contributed by atoms with Crippen LogP contribution in [0, 0.1) is 11.3 Å². The Labute approximate surface area is 164 Å². The van der Waals surface area contributed by atoms with E-state index >= 15 is 0 Å². The Morgan fingerprint density at radius 2 is 1.93 bits per heavy atom. The van der Waals surface area contributed by atoms with Gasteiger partial charge in [-0.25, -0.2) is 5.32 Å². The van der Waals surface area contributed by atoms with Crippen LogP contribution in [0.15, 0.2) is 54.6 Å². The van der Waals surface area contributed by atoms with Gasteiger partial charge in [0, 0.05) is 31.5 Å². The maximum absolute atomic E-state index is 12.7. The average molecular weight is 373 g/mol. The van der Waals surface area contributed by atoms with Gasteiger partial charge >= 0.3 is 0 Å². The molecule has 0 saturated carbocycles. The standard InChI is InChI=1S/C22H21N4O2/c23-15-17-7-4-8-18(13-17)21(28)26-11-9-22(10-12-26)24-19(20(27)25-22)14-16-5-2-1-3-6-16/h1-8,13,19,24H,9-12,14H2. The fraction of sp³-hybridized carbons (Fsp3) is 0.318. The molecule has 2 fully saturated rings. The van der Waals surface area contributed by atoms with Crippen LogP contribution in [0.25, 0.3) is 0 Å². The Bertz CT molecular complexity index is 927. The number of carbonyl (C=O) groups is 2. The van der Waals surface area contributed by atoms with Crippen LogP contribution in [0.2, 0.25) is 0 Å². The number of benzene rings is 2. The Hall–Kier alpha value is -3.17. The molecule has 2 aliphatic heterocycles. The molecule has 6 nitrogen and oxygen atoms in total. The molecule has 0 aromatic heterocycles. The number of hydrogen-bond acceptors (Lipinski definition) is 4. The summed E-state index contributed by atoms with van der Waals surface area (Å²) < 4.78 is 0. The molecular weight excluding hydrogens is 352 g/mol. The van der Waals surface area contributed by atoms with Gasteiger partial charge < -0.3 is 4.90 Å². The zero-order valence-electron chi connectivity index (χ0n) is 15.5. The number of likely N-dealkylation sites (tertiary alicyclic amines) is 1. The molecule has 28 heavy (non-hydrogen) atoms. The van der Waals surface area contributed by atoms with Crippen LogP contribution in [0.5, 0.6) is 0 Å². The maximum Gasteiger partial charge on any atom is 0.260 e. The van der Waals surface area contributed by atoms with E-state index in [2.05, 4.69) is 16.7 Å². The molecule has 2 saturated heterocycles. The summed E-state index contributed by atoms with van der Waals surface area (Å²) in [5.41, 5.74) is 1.53. The number of nitrogens with zero attached hydrogens (tertiary/aromatic N) is 3. The first-order valence-electron chi connectivity index (χ1n) is 9.46. The smallest absolute Gasteiger partial charge is 0.260 e. The Morgan fingerprint density at radius 3 is 2.64 bits per heavy atom. The number of nitriles is 1. The number of hydrogen-bond donors (Lipinski definition) is 1. The van der Waals surface area contributed by atoms with E-state index in [1.807, 2.05) is 30.3 Å². The number of amides is 2. The first kappa shape index (κ1) is 18.2. The molecule has 6 heteroatoms. The molecule has 1 unspecified atom stereocenters. The summed E-state index contributed by atoms with van der Waals surface area (Å²) in [6, 6.07) is 18.4. The second-order valence-corrected chi connectivity index (χ2v) is 7.35. The molecule has 1 spiro atoms. The largest absolute Gasteiger partial charge is 0.338 e. The van der Waals surface area contributed by atoms with Crippen LogP contribution in [0.4, 0.5) is 0 Å². The van der Waals surface area contributed by atoms with E-state index < -0.39 is 5.66 Å². The molecule has 0 bridgehead atoms. The summed E-state index contributed by atoms with van der Waals surface area (Å²) in [6.45, 7) is 1.05. The topological polar surface area (TPSA) is 87.3 Å². The van der Waals surface area contributed by atoms with E-state index in [0.717, 1.165) is 5.56 Å². The van der Waals surface area contributed by atoms with Crippen molar-refractivity contribution >= 4 is 11.8 Å². The van der Waals surface area contributed by atoms with E-state index in [1.54, 1.807) is 29.2 Å². The molecule has 1 N–H and O–H groups in total. The SMILES string of the molecule is N#Cc1cccc(C(=O)N2CCC3(CC2)[N]C(=O)C(Cc2ccccc2)N3)c1. The van der Waals surface area contributed by atoms with Gasteiger partial charge in [-0.3, -0.25) is 14.9 Å². The van der Waals surface area contributed by atoms with Gasteiger partial charge in [-0.1, -0.05) is 36.4 Å². The third-order valence-electron chi connectivity index (χ3n) is 5.46. The van der Waals surface area contributed by atoms with Crippen molar-refractivity contribution in [1.29, 1.82) is 5.26 Å². The Morgan fingerprint density at radius 1 is 1.18 bits per heavy atom. The molecule has 2 aromatic rings. The van der Waals surface area contributed by atoms with Gasteiger partial charge in [-0.2, -0.15) is 5.26 Å². The maximum atomic E-state index is 12.7. The molecule has 141 valence electrons. The minimum Gasteiger partial charge on any atom is -0.338 e. The molecule has 1 atom stereocenters. The Balaban J connectivity index is 1.39. The summed E-state index contributed by atoms with van der Waals surface area (Å²) in [6.07, 6.45) is 1.83. The van der Waals surface area contributed by atoms with Gasteiger partial charge in [0.15, 0.2) is 0 Å². The molecule has 4 rings (SSSR count). The van der Waals surface area contributed by atoms with Crippen molar-refractivity contribution < 1.29 is 9.59 Å². The van der Waals surface area contributed by atoms with Crippen molar-refractivity contribution in [3.63, 3.8) is 0 Å². The number of piperidine rings is 1. The van der Waals surface area contributed by atoms with Gasteiger partial charge in [0.25, 0.3) is 11.8 Å². The van der Waals surface area contributed by atoms with E-state index in [1.165, 1.54) is 0 Å². The number of nitrogens with one attached hydrogen (secondary N) is 1. The fourth-order valence-corrected chi connectivity index (χ4v) is 3.94. The summed E-state index contributed by atoms with van der Waals surface area (Å²) in [5, 5.41) is 16.9. The first-order chi connectivity index (χ1) is 13.6. The van der Waals surface area contributed by atoms with Crippen LogP contribution in [-0.2, 0) is 11.2 Å². The lowest BCUT2D eigenvalue weighted by molar-refractivity contribution is -0.121. The van der Waals surface area contributed by atoms with Crippen molar-refractivity contribution in [3.05, 3.63) is 71.3 Å². The van der Waals surface area contributed by atoms with Crippen LogP contribution in [0.1, 0.15) is 34.3 Å². The normalized spacial score (nSPS) is 20.6. The van der Waals surface area contributed by atoms with Gasteiger partial charge in [-0.15, -0.1) is 0 Å². The third kappa shape index (κ3) is 3.62. The molecule has 2 aromatic carbocycles. The van der Waals surface area contributed by atoms with Crippen molar-refractivity contribution in [1.82, 2.24) is 15.5 Å². The van der Waals surface area contributed by atoms with Crippen LogP contribution >= 0.6 is 0 Å². The van der Waals surface area contributed by atoms with Crippen molar-refractivity contribution in [2.24, 2.45) is 0 Å². The van der Waals surface area contributed by atoms with Crippen LogP contribution < -0.4 is 10.6 Å².